The first-order valence-electron chi connectivity index (χ1n) is 10.9. The van der Waals surface area contributed by atoms with Gasteiger partial charge in [-0.05, 0) is 49.6 Å². The molecule has 4 rings (SSSR count). The molecule has 0 atom stereocenters. The molecule has 0 radical (unpaired) electrons. The second-order valence-corrected chi connectivity index (χ2v) is 9.97. The summed E-state index contributed by atoms with van der Waals surface area (Å²) in [6.07, 6.45) is 1.28. The van der Waals surface area contributed by atoms with Gasteiger partial charge in [0, 0.05) is 38.3 Å². The number of H-pyrrole nitrogens is 1. The Morgan fingerprint density at radius 1 is 1.18 bits per heavy atom. The van der Waals surface area contributed by atoms with Crippen molar-refractivity contribution in [3.8, 4) is 0 Å². The lowest BCUT2D eigenvalue weighted by molar-refractivity contribution is 0.0694. The number of ether oxygens (including phenoxy) is 1. The zero-order valence-corrected chi connectivity index (χ0v) is 19.5. The van der Waals surface area contributed by atoms with Crippen molar-refractivity contribution in [1.29, 1.82) is 0 Å². The van der Waals surface area contributed by atoms with Gasteiger partial charge in [0.15, 0.2) is 0 Å². The number of amides is 1. The Bertz CT molecular complexity index is 1320. The van der Waals surface area contributed by atoms with Crippen molar-refractivity contribution in [3.05, 3.63) is 64.1 Å². The third-order valence-corrected chi connectivity index (χ3v) is 7.55. The monoisotopic (exact) mass is 472 g/mol. The Morgan fingerprint density at radius 2 is 1.91 bits per heavy atom. The Labute approximate surface area is 192 Å². The van der Waals surface area contributed by atoms with Crippen LogP contribution in [0.5, 0.6) is 0 Å². The highest BCUT2D eigenvalue weighted by Crippen LogP contribution is 2.26. The maximum atomic E-state index is 13.2. The Balaban J connectivity index is 1.50. The minimum absolute atomic E-state index is 0.00417. The van der Waals surface area contributed by atoms with E-state index in [1.165, 1.54) is 19.2 Å². The molecule has 10 heteroatoms. The fourth-order valence-corrected chi connectivity index (χ4v) is 5.33. The van der Waals surface area contributed by atoms with Crippen LogP contribution in [0.4, 0.5) is 0 Å². The van der Waals surface area contributed by atoms with E-state index in [2.05, 4.69) is 9.71 Å². The van der Waals surface area contributed by atoms with Gasteiger partial charge in [-0.3, -0.25) is 9.36 Å². The molecule has 0 aliphatic carbocycles. The van der Waals surface area contributed by atoms with Gasteiger partial charge in [0.1, 0.15) is 0 Å². The van der Waals surface area contributed by atoms with Gasteiger partial charge in [0.05, 0.1) is 22.5 Å². The van der Waals surface area contributed by atoms with Gasteiger partial charge in [0.25, 0.3) is 5.91 Å². The average Bonchev–Trinajstić information content (AvgIpc) is 3.14. The number of nitrogens with zero attached hydrogens (tertiary/aromatic N) is 2. The first-order valence-corrected chi connectivity index (χ1v) is 12.4. The normalized spacial score (nSPS) is 15.3. The highest BCUT2D eigenvalue weighted by molar-refractivity contribution is 7.89. The number of sulfonamides is 1. The largest absolute Gasteiger partial charge is 0.383 e. The second kappa shape index (κ2) is 9.50. The van der Waals surface area contributed by atoms with E-state index >= 15 is 0 Å². The van der Waals surface area contributed by atoms with Crippen LogP contribution in [0.1, 0.15) is 34.8 Å². The number of aromatic amines is 1. The number of hydrogen-bond donors (Lipinski definition) is 2. The summed E-state index contributed by atoms with van der Waals surface area (Å²) in [5, 5.41) is 0. The predicted octanol–water partition coefficient (Wildman–Crippen LogP) is 2.04. The van der Waals surface area contributed by atoms with Crippen molar-refractivity contribution in [2.24, 2.45) is 0 Å². The van der Waals surface area contributed by atoms with Gasteiger partial charge in [-0.15, -0.1) is 0 Å². The van der Waals surface area contributed by atoms with Gasteiger partial charge in [-0.25, -0.2) is 17.9 Å². The summed E-state index contributed by atoms with van der Waals surface area (Å²) in [5.74, 6) is -0.203. The van der Waals surface area contributed by atoms with E-state index in [1.54, 1.807) is 22.5 Å². The molecule has 1 aromatic heterocycles. The fourth-order valence-electron chi connectivity index (χ4n) is 4.29. The van der Waals surface area contributed by atoms with Crippen LogP contribution in [0.3, 0.4) is 0 Å². The maximum Gasteiger partial charge on any atom is 0.326 e. The smallest absolute Gasteiger partial charge is 0.326 e. The van der Waals surface area contributed by atoms with E-state index < -0.39 is 10.0 Å². The van der Waals surface area contributed by atoms with Crippen molar-refractivity contribution in [1.82, 2.24) is 19.2 Å². The van der Waals surface area contributed by atoms with Crippen LogP contribution >= 0.6 is 0 Å². The molecule has 0 bridgehead atoms. The lowest BCUT2D eigenvalue weighted by Gasteiger charge is -2.33. The fraction of sp³-hybridized carbons (Fsp3) is 0.391. The van der Waals surface area contributed by atoms with E-state index in [-0.39, 0.29) is 35.7 Å². The SMILES string of the molecule is COCCNS(=O)(=O)c1ccc(C)c(C(=O)N2CCC(n3c(=O)[nH]c4ccccc43)CC2)c1. The van der Waals surface area contributed by atoms with Crippen LogP contribution in [-0.4, -0.2) is 62.1 Å². The Kier molecular flexibility index (Phi) is 6.68. The molecule has 1 aliphatic heterocycles. The molecule has 0 unspecified atom stereocenters. The number of imidazole rings is 1. The second-order valence-electron chi connectivity index (χ2n) is 8.21. The number of fused-ring (bicyclic) bond motifs is 1. The molecule has 1 saturated heterocycles. The number of benzene rings is 2. The summed E-state index contributed by atoms with van der Waals surface area (Å²) in [7, 11) is -2.25. The summed E-state index contributed by atoms with van der Waals surface area (Å²) >= 11 is 0. The molecule has 1 amide bonds. The number of rotatable bonds is 7. The van der Waals surface area contributed by atoms with Gasteiger partial charge >= 0.3 is 5.69 Å². The molecule has 33 heavy (non-hydrogen) atoms. The number of likely N-dealkylation sites (tertiary alicyclic amines) is 1. The molecule has 9 nitrogen and oxygen atoms in total. The number of carbonyl (C=O) groups excluding carboxylic acids is 1. The van der Waals surface area contributed by atoms with Crippen molar-refractivity contribution in [2.45, 2.75) is 30.7 Å². The topological polar surface area (TPSA) is 113 Å². The van der Waals surface area contributed by atoms with Crippen LogP contribution in [0.2, 0.25) is 0 Å². The molecule has 176 valence electrons. The van der Waals surface area contributed by atoms with Crippen LogP contribution < -0.4 is 10.4 Å². The molecular formula is C23H28N4O5S. The van der Waals surface area contributed by atoms with Gasteiger partial charge < -0.3 is 14.6 Å². The van der Waals surface area contributed by atoms with Gasteiger partial charge in [-0.1, -0.05) is 18.2 Å². The highest BCUT2D eigenvalue weighted by atomic mass is 32.2. The lowest BCUT2D eigenvalue weighted by atomic mass is 10.0. The quantitative estimate of drug-likeness (QED) is 0.511. The van der Waals surface area contributed by atoms with E-state index in [0.717, 1.165) is 11.0 Å². The summed E-state index contributed by atoms with van der Waals surface area (Å²) in [6, 6.07) is 12.2. The van der Waals surface area contributed by atoms with Gasteiger partial charge in [-0.2, -0.15) is 0 Å². The van der Waals surface area contributed by atoms with E-state index in [1.807, 2.05) is 24.3 Å². The van der Waals surface area contributed by atoms with Crippen molar-refractivity contribution in [2.75, 3.05) is 33.4 Å². The van der Waals surface area contributed by atoms with Crippen molar-refractivity contribution in [3.63, 3.8) is 0 Å². The average molecular weight is 473 g/mol. The Hall–Kier alpha value is -2.95. The molecule has 1 aliphatic rings. The third kappa shape index (κ3) is 4.73. The molecule has 0 spiro atoms. The van der Waals surface area contributed by atoms with Gasteiger partial charge in [0.2, 0.25) is 10.0 Å². The zero-order chi connectivity index (χ0) is 23.6. The highest BCUT2D eigenvalue weighted by Gasteiger charge is 2.28. The van der Waals surface area contributed by atoms with Crippen molar-refractivity contribution >= 4 is 27.0 Å². The summed E-state index contributed by atoms with van der Waals surface area (Å²) in [5.41, 5.74) is 2.60. The minimum atomic E-state index is -3.74. The van der Waals surface area contributed by atoms with Crippen LogP contribution in [0.15, 0.2) is 52.2 Å². The number of methoxy groups -OCH3 is 1. The summed E-state index contributed by atoms with van der Waals surface area (Å²) < 4.78 is 34.2. The zero-order valence-electron chi connectivity index (χ0n) is 18.7. The number of aryl methyl sites for hydroxylation is 1. The third-order valence-electron chi connectivity index (χ3n) is 6.09. The minimum Gasteiger partial charge on any atom is -0.383 e. The number of nitrogens with one attached hydrogen (secondary N) is 2. The van der Waals surface area contributed by atoms with Crippen LogP contribution in [0, 0.1) is 6.92 Å². The van der Waals surface area contributed by atoms with E-state index in [0.29, 0.717) is 37.1 Å². The summed E-state index contributed by atoms with van der Waals surface area (Å²) in [4.78, 5) is 30.4. The number of hydrogen-bond acceptors (Lipinski definition) is 5. The van der Waals surface area contributed by atoms with E-state index in [4.69, 9.17) is 4.74 Å². The Morgan fingerprint density at radius 3 is 2.64 bits per heavy atom. The molecular weight excluding hydrogens is 444 g/mol. The standard InChI is InChI=1S/C23H28N4O5S/c1-16-7-8-18(33(30,31)24-11-14-32-2)15-19(16)22(28)26-12-9-17(10-13-26)27-21-6-4-3-5-20(21)25-23(27)29/h3-8,15,17,24H,9-14H2,1-2H3,(H,25,29). The number of piperidine rings is 1. The van der Waals surface area contributed by atoms with Crippen LogP contribution in [0.25, 0.3) is 11.0 Å². The number of carbonyl (C=O) groups is 1. The molecule has 0 saturated carbocycles. The number of aromatic nitrogens is 2. The number of para-hydroxylation sites is 2. The first kappa shape index (κ1) is 23.2. The molecule has 2 heterocycles. The molecule has 2 N–H and O–H groups in total. The first-order chi connectivity index (χ1) is 15.8. The lowest BCUT2D eigenvalue weighted by Crippen LogP contribution is -2.40. The molecule has 2 aromatic carbocycles. The van der Waals surface area contributed by atoms with Crippen molar-refractivity contribution < 1.29 is 17.9 Å². The summed E-state index contributed by atoms with van der Waals surface area (Å²) in [6.45, 7) is 3.16. The molecule has 1 fully saturated rings. The molecule has 3 aromatic rings. The van der Waals surface area contributed by atoms with E-state index in [9.17, 15) is 18.0 Å². The maximum absolute atomic E-state index is 13.2. The predicted molar refractivity (Wildman–Crippen MR) is 125 cm³/mol. The van der Waals surface area contributed by atoms with Crippen LogP contribution in [-0.2, 0) is 14.8 Å².